The number of carbonyl (C=O) groups excluding carboxylic acids is 1. The summed E-state index contributed by atoms with van der Waals surface area (Å²) in [5.41, 5.74) is 5.95. The molecule has 2 aromatic rings. The van der Waals surface area contributed by atoms with Gasteiger partial charge in [0.05, 0.1) is 5.71 Å². The highest BCUT2D eigenvalue weighted by atomic mass is 16.5. The van der Waals surface area contributed by atoms with Crippen LogP contribution in [0, 0.1) is 0 Å². The van der Waals surface area contributed by atoms with E-state index in [-0.39, 0.29) is 18.6 Å². The first-order chi connectivity index (χ1) is 12.8. The van der Waals surface area contributed by atoms with Gasteiger partial charge >= 0.3 is 5.97 Å². The second-order valence-corrected chi connectivity index (χ2v) is 6.99. The minimum atomic E-state index is -0.232. The van der Waals surface area contributed by atoms with Gasteiger partial charge in [0.25, 0.3) is 0 Å². The molecule has 132 valence electrons. The molecule has 0 saturated heterocycles. The Balaban J connectivity index is 1.46. The molecule has 0 spiro atoms. The maximum atomic E-state index is 12.4. The Morgan fingerprint density at radius 2 is 1.62 bits per heavy atom. The number of esters is 1. The summed E-state index contributed by atoms with van der Waals surface area (Å²) in [4.78, 5) is 17.0. The second-order valence-electron chi connectivity index (χ2n) is 6.99. The molecule has 0 fully saturated rings. The van der Waals surface area contributed by atoms with Gasteiger partial charge in [0.1, 0.15) is 12.6 Å². The molecule has 2 aliphatic carbocycles. The molecule has 3 heteroatoms. The highest BCUT2D eigenvalue weighted by molar-refractivity contribution is 6.13. The number of carbonyl (C=O) groups is 1. The van der Waals surface area contributed by atoms with E-state index < -0.39 is 0 Å². The maximum Gasteiger partial charge on any atom is 0.327 e. The third-order valence-electron chi connectivity index (χ3n) is 5.04. The first-order valence-electron chi connectivity index (χ1n) is 9.34. The van der Waals surface area contributed by atoms with Crippen molar-refractivity contribution in [2.75, 3.05) is 6.54 Å². The third-order valence-corrected chi connectivity index (χ3v) is 5.04. The highest BCUT2D eigenvalue weighted by Gasteiger charge is 2.29. The summed E-state index contributed by atoms with van der Waals surface area (Å²) in [6.45, 7) is 0.0571. The third kappa shape index (κ3) is 4.10. The molecule has 0 saturated carbocycles. The Hall–Kier alpha value is -2.68. The van der Waals surface area contributed by atoms with Crippen molar-refractivity contribution < 1.29 is 9.53 Å². The van der Waals surface area contributed by atoms with E-state index in [1.54, 1.807) is 5.57 Å². The average Bonchev–Trinajstić information content (AvgIpc) is 3.42. The average molecular weight is 345 g/mol. The number of hydrogen-bond donors (Lipinski definition) is 0. The lowest BCUT2D eigenvalue weighted by Gasteiger charge is -2.16. The molecule has 1 atom stereocenters. The standard InChI is InChI=1S/C23H23NO2/c25-22(26-21-13-7-12-19-14-20(19)15-21)16-24-23(17-8-3-1-4-9-17)18-10-5-2-6-11-18/h1-6,8-11,21H,7,12-16H2/t21-/m0/s1. The fraction of sp³-hybridized carbons (Fsp3) is 0.304. The molecule has 2 aromatic carbocycles. The lowest BCUT2D eigenvalue weighted by molar-refractivity contribution is -0.147. The molecular formula is C23H23NO2. The van der Waals surface area contributed by atoms with Crippen molar-refractivity contribution in [2.45, 2.75) is 38.2 Å². The Labute approximate surface area is 154 Å². The van der Waals surface area contributed by atoms with E-state index in [4.69, 9.17) is 4.74 Å². The topological polar surface area (TPSA) is 38.7 Å². The summed E-state index contributed by atoms with van der Waals surface area (Å²) in [5, 5.41) is 0. The van der Waals surface area contributed by atoms with Crippen molar-refractivity contribution in [3.8, 4) is 0 Å². The van der Waals surface area contributed by atoms with Gasteiger partial charge in [-0.15, -0.1) is 0 Å². The molecule has 4 rings (SSSR count). The maximum absolute atomic E-state index is 12.4. The van der Waals surface area contributed by atoms with E-state index in [0.29, 0.717) is 0 Å². The van der Waals surface area contributed by atoms with Crippen LogP contribution in [0.4, 0.5) is 0 Å². The number of ether oxygens (including phenoxy) is 1. The van der Waals surface area contributed by atoms with E-state index in [0.717, 1.165) is 36.1 Å². The van der Waals surface area contributed by atoms with Crippen LogP contribution in [0.25, 0.3) is 0 Å². The number of hydrogen-bond acceptors (Lipinski definition) is 3. The monoisotopic (exact) mass is 345 g/mol. The molecule has 2 aliphatic rings. The first kappa shape index (κ1) is 16.8. The molecule has 0 aromatic heterocycles. The summed E-state index contributed by atoms with van der Waals surface area (Å²) < 4.78 is 5.71. The van der Waals surface area contributed by atoms with Crippen molar-refractivity contribution in [1.29, 1.82) is 0 Å². The number of rotatable bonds is 5. The van der Waals surface area contributed by atoms with Crippen molar-refractivity contribution >= 4 is 11.7 Å². The summed E-state index contributed by atoms with van der Waals surface area (Å²) in [7, 11) is 0. The van der Waals surface area contributed by atoms with Gasteiger partial charge < -0.3 is 4.74 Å². The molecule has 0 aliphatic heterocycles. The van der Waals surface area contributed by atoms with Crippen LogP contribution in [0.5, 0.6) is 0 Å². The van der Waals surface area contributed by atoms with Gasteiger partial charge in [0.2, 0.25) is 0 Å². The van der Waals surface area contributed by atoms with Crippen LogP contribution >= 0.6 is 0 Å². The lowest BCUT2D eigenvalue weighted by Crippen LogP contribution is -2.20. The largest absolute Gasteiger partial charge is 0.461 e. The minimum Gasteiger partial charge on any atom is -0.461 e. The van der Waals surface area contributed by atoms with Crippen LogP contribution in [0.2, 0.25) is 0 Å². The second kappa shape index (κ2) is 7.69. The van der Waals surface area contributed by atoms with E-state index in [2.05, 4.69) is 4.99 Å². The molecular weight excluding hydrogens is 322 g/mol. The van der Waals surface area contributed by atoms with Crippen molar-refractivity contribution in [3.63, 3.8) is 0 Å². The van der Waals surface area contributed by atoms with E-state index in [1.807, 2.05) is 60.7 Å². The fourth-order valence-electron chi connectivity index (χ4n) is 3.62. The number of allylic oxidation sites excluding steroid dienone is 1. The van der Waals surface area contributed by atoms with Gasteiger partial charge in [-0.1, -0.05) is 71.8 Å². The van der Waals surface area contributed by atoms with Crippen LogP contribution in [0.1, 0.15) is 43.2 Å². The zero-order chi connectivity index (χ0) is 17.8. The predicted octanol–water partition coefficient (Wildman–Crippen LogP) is 4.71. The fourth-order valence-corrected chi connectivity index (χ4v) is 3.62. The molecule has 26 heavy (non-hydrogen) atoms. The molecule has 0 bridgehead atoms. The zero-order valence-electron chi connectivity index (χ0n) is 14.9. The highest BCUT2D eigenvalue weighted by Crippen LogP contribution is 2.42. The normalized spacial score (nSPS) is 18.5. The van der Waals surface area contributed by atoms with Crippen molar-refractivity contribution in [2.24, 2.45) is 4.99 Å². The summed E-state index contributed by atoms with van der Waals surface area (Å²) >= 11 is 0. The number of benzene rings is 2. The van der Waals surface area contributed by atoms with Gasteiger partial charge in [-0.2, -0.15) is 0 Å². The van der Waals surface area contributed by atoms with Crippen molar-refractivity contribution in [1.82, 2.24) is 0 Å². The van der Waals surface area contributed by atoms with Crippen LogP contribution in [0.3, 0.4) is 0 Å². The molecule has 0 heterocycles. The van der Waals surface area contributed by atoms with Crippen LogP contribution in [0.15, 0.2) is 76.8 Å². The van der Waals surface area contributed by atoms with Crippen LogP contribution < -0.4 is 0 Å². The van der Waals surface area contributed by atoms with Crippen molar-refractivity contribution in [3.05, 3.63) is 82.9 Å². The quantitative estimate of drug-likeness (QED) is 0.447. The summed E-state index contributed by atoms with van der Waals surface area (Å²) in [6, 6.07) is 20.0. The van der Waals surface area contributed by atoms with E-state index in [9.17, 15) is 4.79 Å². The molecule has 3 nitrogen and oxygen atoms in total. The minimum absolute atomic E-state index is 0.0320. The molecule has 0 unspecified atom stereocenters. The van der Waals surface area contributed by atoms with Crippen LogP contribution in [-0.2, 0) is 9.53 Å². The van der Waals surface area contributed by atoms with Gasteiger partial charge in [0, 0.05) is 17.5 Å². The molecule has 0 radical (unpaired) electrons. The summed E-state index contributed by atoms with van der Waals surface area (Å²) in [5.74, 6) is -0.232. The summed E-state index contributed by atoms with van der Waals surface area (Å²) in [6.07, 6.45) is 5.40. The molecule has 0 N–H and O–H groups in total. The number of aliphatic imine (C=N–C) groups is 1. The Morgan fingerprint density at radius 3 is 2.27 bits per heavy atom. The smallest absolute Gasteiger partial charge is 0.327 e. The Kier molecular flexibility index (Phi) is 4.96. The first-order valence-corrected chi connectivity index (χ1v) is 9.34. The van der Waals surface area contributed by atoms with E-state index in [1.165, 1.54) is 18.4 Å². The predicted molar refractivity (Wildman–Crippen MR) is 103 cm³/mol. The SMILES string of the molecule is O=C(CN=C(c1ccccc1)c1ccccc1)O[C@H]1CCCC2=C(C2)C1. The van der Waals surface area contributed by atoms with Crippen LogP contribution in [-0.4, -0.2) is 24.3 Å². The Bertz CT molecular complexity index is 796. The number of nitrogens with zero attached hydrogens (tertiary/aromatic N) is 1. The van der Waals surface area contributed by atoms with Gasteiger partial charge in [-0.05, 0) is 25.7 Å². The molecule has 0 amide bonds. The zero-order valence-corrected chi connectivity index (χ0v) is 14.9. The van der Waals surface area contributed by atoms with Gasteiger partial charge in [-0.25, -0.2) is 0 Å². The van der Waals surface area contributed by atoms with Gasteiger partial charge in [0.15, 0.2) is 0 Å². The van der Waals surface area contributed by atoms with Gasteiger partial charge in [-0.3, -0.25) is 9.79 Å². The lowest BCUT2D eigenvalue weighted by atomic mass is 10.0. The Morgan fingerprint density at radius 1 is 0.962 bits per heavy atom. The van der Waals surface area contributed by atoms with E-state index >= 15 is 0 Å².